The summed E-state index contributed by atoms with van der Waals surface area (Å²) < 4.78 is 41.1. The van der Waals surface area contributed by atoms with Crippen LogP contribution in [0.25, 0.3) is 11.1 Å². The van der Waals surface area contributed by atoms with E-state index in [0.717, 1.165) is 17.2 Å². The summed E-state index contributed by atoms with van der Waals surface area (Å²) in [7, 11) is 0. The minimum Gasteiger partial charge on any atom is -0.481 e. The lowest BCUT2D eigenvalue weighted by Gasteiger charge is -2.14. The van der Waals surface area contributed by atoms with E-state index in [1.165, 1.54) is 12.1 Å². The molecule has 3 aromatic carbocycles. The van der Waals surface area contributed by atoms with Crippen molar-refractivity contribution in [2.75, 3.05) is 6.54 Å². The molecular formula is C28H27F3N2O3. The molecule has 188 valence electrons. The van der Waals surface area contributed by atoms with Gasteiger partial charge in [-0.15, -0.1) is 6.58 Å². The maximum absolute atomic E-state index is 13.7. The highest BCUT2D eigenvalue weighted by Crippen LogP contribution is 2.37. The second-order valence-corrected chi connectivity index (χ2v) is 8.20. The van der Waals surface area contributed by atoms with Gasteiger partial charge in [-0.3, -0.25) is 4.79 Å². The van der Waals surface area contributed by atoms with Crippen molar-refractivity contribution in [1.82, 2.24) is 5.32 Å². The molecule has 0 amide bonds. The molecule has 0 aliphatic heterocycles. The van der Waals surface area contributed by atoms with E-state index in [-0.39, 0.29) is 18.7 Å². The van der Waals surface area contributed by atoms with Gasteiger partial charge in [0.1, 0.15) is 6.61 Å². The number of nitrogens with one attached hydrogen (secondary N) is 1. The van der Waals surface area contributed by atoms with Gasteiger partial charge in [0, 0.05) is 13.1 Å². The van der Waals surface area contributed by atoms with E-state index < -0.39 is 23.6 Å². The van der Waals surface area contributed by atoms with Crippen LogP contribution in [0.3, 0.4) is 0 Å². The van der Waals surface area contributed by atoms with Crippen LogP contribution in [0, 0.1) is 5.92 Å². The molecule has 2 N–H and O–H groups in total. The first kappa shape index (κ1) is 26.7. The number of nitrogens with zero attached hydrogens (tertiary/aromatic N) is 1. The third kappa shape index (κ3) is 7.29. The van der Waals surface area contributed by atoms with E-state index in [1.54, 1.807) is 43.3 Å². The van der Waals surface area contributed by atoms with Crippen LogP contribution < -0.4 is 5.32 Å². The highest BCUT2D eigenvalue weighted by molar-refractivity contribution is 5.98. The number of benzene rings is 3. The number of carboxylic acids is 1. The van der Waals surface area contributed by atoms with Crippen LogP contribution in [0.1, 0.15) is 29.2 Å². The predicted octanol–water partition coefficient (Wildman–Crippen LogP) is 6.29. The molecule has 0 saturated carbocycles. The van der Waals surface area contributed by atoms with Crippen molar-refractivity contribution in [3.8, 4) is 11.1 Å². The minimum atomic E-state index is -4.50. The lowest BCUT2D eigenvalue weighted by atomic mass is 9.97. The van der Waals surface area contributed by atoms with Crippen molar-refractivity contribution in [3.05, 3.63) is 108 Å². The lowest BCUT2D eigenvalue weighted by molar-refractivity contribution is -0.140. The Morgan fingerprint density at radius 2 is 1.75 bits per heavy atom. The Labute approximate surface area is 207 Å². The molecule has 0 heterocycles. The van der Waals surface area contributed by atoms with Crippen LogP contribution in [0.15, 0.2) is 90.6 Å². The van der Waals surface area contributed by atoms with Gasteiger partial charge in [0.15, 0.2) is 0 Å². The molecule has 3 aromatic rings. The Morgan fingerprint density at radius 1 is 1.08 bits per heavy atom. The molecule has 1 atom stereocenters. The van der Waals surface area contributed by atoms with E-state index in [0.29, 0.717) is 23.4 Å². The van der Waals surface area contributed by atoms with Crippen molar-refractivity contribution in [3.63, 3.8) is 0 Å². The molecule has 0 radical (unpaired) electrons. The van der Waals surface area contributed by atoms with E-state index in [2.05, 4.69) is 17.1 Å². The fourth-order valence-corrected chi connectivity index (χ4v) is 3.55. The normalized spacial score (nSPS) is 12.7. The number of carboxylic acid groups (broad SMARTS) is 1. The van der Waals surface area contributed by atoms with Gasteiger partial charge < -0.3 is 15.3 Å². The van der Waals surface area contributed by atoms with Gasteiger partial charge in [0.05, 0.1) is 17.2 Å². The molecule has 36 heavy (non-hydrogen) atoms. The van der Waals surface area contributed by atoms with Crippen LogP contribution in [0.4, 0.5) is 13.2 Å². The van der Waals surface area contributed by atoms with Crippen LogP contribution in [0.2, 0.25) is 0 Å². The van der Waals surface area contributed by atoms with Gasteiger partial charge in [0.2, 0.25) is 0 Å². The smallest absolute Gasteiger partial charge is 0.417 e. The Morgan fingerprint density at radius 3 is 2.36 bits per heavy atom. The number of hydrogen-bond donors (Lipinski definition) is 2. The summed E-state index contributed by atoms with van der Waals surface area (Å²) in [6.45, 7) is 5.92. The summed E-state index contributed by atoms with van der Waals surface area (Å²) in [6.07, 6.45) is -3.11. The number of oxime groups is 1. The van der Waals surface area contributed by atoms with Crippen LogP contribution >= 0.6 is 0 Å². The first-order chi connectivity index (χ1) is 17.2. The van der Waals surface area contributed by atoms with Crippen LogP contribution in [-0.2, 0) is 29.0 Å². The molecule has 1 unspecified atom stereocenters. The van der Waals surface area contributed by atoms with Gasteiger partial charge in [-0.2, -0.15) is 13.2 Å². The average molecular weight is 497 g/mol. The molecule has 0 spiro atoms. The standard InChI is InChI=1S/C28H27F3N2O3/c1-3-22(27(34)35)17-32-16-20-9-12-23(13-10-20)19(2)33-36-18-21-11-14-25(24-7-5-4-6-8-24)26(15-21)28(29,30)31/h3-15,22,32H,1,16-18H2,2H3,(H,34,35)/b33-19+. The fraction of sp³-hybridized carbons (Fsp3) is 0.214. The van der Waals surface area contributed by atoms with Crippen molar-refractivity contribution < 1.29 is 27.9 Å². The summed E-state index contributed by atoms with van der Waals surface area (Å²) in [5, 5.41) is 16.2. The maximum atomic E-state index is 13.7. The van der Waals surface area contributed by atoms with E-state index in [4.69, 9.17) is 9.94 Å². The monoisotopic (exact) mass is 496 g/mol. The quantitative estimate of drug-likeness (QED) is 0.186. The fourth-order valence-electron chi connectivity index (χ4n) is 3.55. The zero-order chi connectivity index (χ0) is 26.1. The summed E-state index contributed by atoms with van der Waals surface area (Å²) in [4.78, 5) is 16.4. The van der Waals surface area contributed by atoms with Gasteiger partial charge in [0.25, 0.3) is 0 Å². The third-order valence-corrected chi connectivity index (χ3v) is 5.57. The predicted molar refractivity (Wildman–Crippen MR) is 133 cm³/mol. The third-order valence-electron chi connectivity index (χ3n) is 5.57. The van der Waals surface area contributed by atoms with E-state index in [9.17, 15) is 18.0 Å². The van der Waals surface area contributed by atoms with E-state index >= 15 is 0 Å². The number of halogens is 3. The number of carbonyl (C=O) groups is 1. The topological polar surface area (TPSA) is 70.9 Å². The van der Waals surface area contributed by atoms with Crippen molar-refractivity contribution in [1.29, 1.82) is 0 Å². The SMILES string of the molecule is C=CC(CNCc1ccc(/C(C)=N/OCc2ccc(-c3ccccc3)c(C(F)(F)F)c2)cc1)C(=O)O. The first-order valence-corrected chi connectivity index (χ1v) is 11.3. The summed E-state index contributed by atoms with van der Waals surface area (Å²) >= 11 is 0. The Bertz CT molecular complexity index is 1210. The number of alkyl halides is 3. The summed E-state index contributed by atoms with van der Waals surface area (Å²) in [5.41, 5.74) is 2.57. The summed E-state index contributed by atoms with van der Waals surface area (Å²) in [5.74, 6) is -1.58. The minimum absolute atomic E-state index is 0.106. The highest BCUT2D eigenvalue weighted by atomic mass is 19.4. The van der Waals surface area contributed by atoms with Gasteiger partial charge in [-0.1, -0.05) is 78.0 Å². The number of rotatable bonds is 11. The van der Waals surface area contributed by atoms with Crippen molar-refractivity contribution in [2.45, 2.75) is 26.3 Å². The van der Waals surface area contributed by atoms with Gasteiger partial charge in [-0.05, 0) is 40.8 Å². The first-order valence-electron chi connectivity index (χ1n) is 11.3. The molecule has 0 bridgehead atoms. The van der Waals surface area contributed by atoms with E-state index in [1.807, 2.05) is 24.3 Å². The maximum Gasteiger partial charge on any atom is 0.417 e. The molecule has 8 heteroatoms. The number of hydrogen-bond acceptors (Lipinski definition) is 4. The zero-order valence-electron chi connectivity index (χ0n) is 19.8. The Balaban J connectivity index is 1.61. The van der Waals surface area contributed by atoms with Crippen LogP contribution in [-0.4, -0.2) is 23.3 Å². The molecule has 0 saturated heterocycles. The van der Waals surface area contributed by atoms with Crippen molar-refractivity contribution in [2.24, 2.45) is 11.1 Å². The largest absolute Gasteiger partial charge is 0.481 e. The molecular weight excluding hydrogens is 469 g/mol. The molecule has 0 aliphatic carbocycles. The molecule has 3 rings (SSSR count). The van der Waals surface area contributed by atoms with Gasteiger partial charge >= 0.3 is 12.1 Å². The Hall–Kier alpha value is -3.91. The zero-order valence-corrected chi connectivity index (χ0v) is 19.8. The second kappa shape index (κ2) is 12.2. The highest BCUT2D eigenvalue weighted by Gasteiger charge is 2.34. The summed E-state index contributed by atoms with van der Waals surface area (Å²) in [6, 6.07) is 20.0. The molecule has 5 nitrogen and oxygen atoms in total. The average Bonchev–Trinajstić information content (AvgIpc) is 2.86. The second-order valence-electron chi connectivity index (χ2n) is 8.20. The van der Waals surface area contributed by atoms with Crippen molar-refractivity contribution >= 4 is 11.7 Å². The van der Waals surface area contributed by atoms with Gasteiger partial charge in [-0.25, -0.2) is 0 Å². The molecule has 0 fully saturated rings. The lowest BCUT2D eigenvalue weighted by Crippen LogP contribution is -2.26. The van der Waals surface area contributed by atoms with Crippen LogP contribution in [0.5, 0.6) is 0 Å². The number of aliphatic carboxylic acids is 1. The molecule has 0 aromatic heterocycles. The molecule has 0 aliphatic rings. The Kier molecular flexibility index (Phi) is 9.02.